The second-order valence-electron chi connectivity index (χ2n) is 8.84. The number of unbranched alkanes of at least 4 members (excludes halogenated alkanes) is 9. The molecule has 180 valence electrons. The third kappa shape index (κ3) is 14.7. The fourth-order valence-electron chi connectivity index (χ4n) is 3.58. The summed E-state index contributed by atoms with van der Waals surface area (Å²) in [6.07, 6.45) is 14.6. The molecule has 0 unspecified atom stereocenters. The summed E-state index contributed by atoms with van der Waals surface area (Å²) >= 11 is 18.0. The van der Waals surface area contributed by atoms with Gasteiger partial charge in [-0.3, -0.25) is 4.79 Å². The summed E-state index contributed by atoms with van der Waals surface area (Å²) in [4.78, 5) is 12.2. The van der Waals surface area contributed by atoms with Crippen molar-refractivity contribution >= 4 is 40.8 Å². The Hall–Kier alpha value is -0.0000000000000000555. The first-order valence-corrected chi connectivity index (χ1v) is 12.6. The van der Waals surface area contributed by atoms with Gasteiger partial charge in [-0.15, -0.1) is 0 Å². The molecular weight excluding hydrogens is 521 g/mol. The maximum atomic E-state index is 12.2. The van der Waals surface area contributed by atoms with E-state index in [0.29, 0.717) is 11.4 Å². The average molecular weight is 560 g/mol. The predicted octanol–water partition coefficient (Wildman–Crippen LogP) is 5.33. The number of esters is 1. The van der Waals surface area contributed by atoms with E-state index < -0.39 is 0 Å². The fourth-order valence-corrected chi connectivity index (χ4v) is 4.48. The summed E-state index contributed by atoms with van der Waals surface area (Å²) in [5.74, 6) is -0.132. The molecule has 0 heterocycles. The van der Waals surface area contributed by atoms with Gasteiger partial charge < -0.3 is 26.2 Å². The minimum Gasteiger partial charge on any atom is -1.00 e. The van der Waals surface area contributed by atoms with Crippen LogP contribution in [-0.4, -0.2) is 37.6 Å². The van der Waals surface area contributed by atoms with Crippen LogP contribution in [0.2, 0.25) is 15.1 Å². The van der Waals surface area contributed by atoms with Crippen LogP contribution >= 0.6 is 34.8 Å². The maximum absolute atomic E-state index is 12.2. The number of carbonyl (C=O) groups is 1. The quantitative estimate of drug-likeness (QED) is 0.118. The van der Waals surface area contributed by atoms with Crippen LogP contribution in [0.3, 0.4) is 0 Å². The van der Waals surface area contributed by atoms with E-state index in [2.05, 4.69) is 21.0 Å². The van der Waals surface area contributed by atoms with E-state index in [1.165, 1.54) is 76.3 Å². The summed E-state index contributed by atoms with van der Waals surface area (Å²) in [6.45, 7) is 4.34. The first-order chi connectivity index (χ1) is 14.2. The number of rotatable bonds is 16. The van der Waals surface area contributed by atoms with Crippen molar-refractivity contribution in [2.75, 3.05) is 27.2 Å². The van der Waals surface area contributed by atoms with Crippen LogP contribution in [0.25, 0.3) is 0 Å². The van der Waals surface area contributed by atoms with Gasteiger partial charge in [0.15, 0.2) is 5.75 Å². The van der Waals surface area contributed by atoms with Gasteiger partial charge in [0.1, 0.15) is 0 Å². The number of halogens is 4. The highest BCUT2D eigenvalue weighted by Crippen LogP contribution is 2.36. The van der Waals surface area contributed by atoms with Crippen LogP contribution in [0.1, 0.15) is 84.0 Å². The second-order valence-corrected chi connectivity index (χ2v) is 10.1. The van der Waals surface area contributed by atoms with Gasteiger partial charge in [0.2, 0.25) is 0 Å². The number of ether oxygens (including phenoxy) is 1. The van der Waals surface area contributed by atoms with Crippen molar-refractivity contribution in [3.05, 3.63) is 27.2 Å². The van der Waals surface area contributed by atoms with Crippen molar-refractivity contribution in [2.45, 2.75) is 84.0 Å². The smallest absolute Gasteiger partial charge is 0.311 e. The zero-order valence-corrected chi connectivity index (χ0v) is 23.2. The van der Waals surface area contributed by atoms with E-state index >= 15 is 0 Å². The molecule has 0 fully saturated rings. The monoisotopic (exact) mass is 557 g/mol. The molecule has 0 amide bonds. The van der Waals surface area contributed by atoms with E-state index in [1.54, 1.807) is 0 Å². The first-order valence-electron chi connectivity index (χ1n) is 11.4. The van der Waals surface area contributed by atoms with Crippen LogP contribution in [0.15, 0.2) is 12.1 Å². The summed E-state index contributed by atoms with van der Waals surface area (Å²) in [6, 6.07) is 3.04. The van der Waals surface area contributed by atoms with Crippen molar-refractivity contribution < 1.29 is 31.0 Å². The minimum absolute atomic E-state index is 0. The van der Waals surface area contributed by atoms with Crippen molar-refractivity contribution in [3.8, 4) is 5.75 Å². The lowest BCUT2D eigenvalue weighted by Gasteiger charge is -2.29. The number of quaternary nitrogens is 1. The predicted molar refractivity (Wildman–Crippen MR) is 130 cm³/mol. The third-order valence-electron chi connectivity index (χ3n) is 5.44. The Morgan fingerprint density at radius 1 is 0.806 bits per heavy atom. The highest BCUT2D eigenvalue weighted by molar-refractivity contribution is 6.40. The van der Waals surface area contributed by atoms with E-state index in [9.17, 15) is 4.79 Å². The molecule has 0 bridgehead atoms. The fraction of sp³-hybridized carbons (Fsp3) is 0.708. The summed E-state index contributed by atoms with van der Waals surface area (Å²) in [5.41, 5.74) is 0. The molecule has 0 aliphatic rings. The molecule has 0 saturated carbocycles. The van der Waals surface area contributed by atoms with E-state index in [-0.39, 0.29) is 38.7 Å². The molecule has 0 aliphatic heterocycles. The highest BCUT2D eigenvalue weighted by Gasteiger charge is 2.17. The minimum atomic E-state index is -0.319. The Kier molecular flexibility index (Phi) is 17.5. The van der Waals surface area contributed by atoms with Gasteiger partial charge in [-0.05, 0) is 25.0 Å². The van der Waals surface area contributed by atoms with Gasteiger partial charge in [0, 0.05) is 11.4 Å². The summed E-state index contributed by atoms with van der Waals surface area (Å²) in [7, 11) is 4.46. The Morgan fingerprint density at radius 2 is 1.26 bits per heavy atom. The topological polar surface area (TPSA) is 26.3 Å². The van der Waals surface area contributed by atoms with Gasteiger partial charge in [-0.2, -0.15) is 0 Å². The zero-order valence-electron chi connectivity index (χ0n) is 19.3. The molecule has 1 aromatic carbocycles. The molecule has 31 heavy (non-hydrogen) atoms. The number of benzene rings is 1. The molecular formula is C24H39BrCl3NO2. The van der Waals surface area contributed by atoms with Gasteiger partial charge >= 0.3 is 5.97 Å². The van der Waals surface area contributed by atoms with Crippen molar-refractivity contribution in [1.29, 1.82) is 0 Å². The average Bonchev–Trinajstić information content (AvgIpc) is 2.66. The Morgan fingerprint density at radius 3 is 1.77 bits per heavy atom. The van der Waals surface area contributed by atoms with Crippen LogP contribution < -0.4 is 21.7 Å². The Labute approximate surface area is 215 Å². The summed E-state index contributed by atoms with van der Waals surface area (Å²) in [5, 5.41) is 0.909. The number of hydrogen-bond donors (Lipinski definition) is 0. The number of nitrogens with zero attached hydrogens (tertiary/aromatic N) is 1. The van der Waals surface area contributed by atoms with Crippen LogP contribution in [0.4, 0.5) is 0 Å². The van der Waals surface area contributed by atoms with Crippen molar-refractivity contribution in [3.63, 3.8) is 0 Å². The maximum Gasteiger partial charge on any atom is 0.311 e. The van der Waals surface area contributed by atoms with E-state index in [1.807, 2.05) is 0 Å². The molecule has 1 rings (SSSR count). The Bertz CT molecular complexity index is 618. The largest absolute Gasteiger partial charge is 1.00 e. The lowest BCUT2D eigenvalue weighted by molar-refractivity contribution is -0.890. The third-order valence-corrected chi connectivity index (χ3v) is 6.22. The molecule has 0 N–H and O–H groups in total. The standard InChI is InChI=1S/C24H39Cl3NO2.BrH/c1-4-5-6-7-8-9-10-11-12-13-16-28(2,3)17-14-15-23(29)30-24-21(26)18-20(25)19-22(24)27;/h18-19H,4-17H2,1-3H3;1H/q+1;/p-1. The van der Waals surface area contributed by atoms with Crippen molar-refractivity contribution in [1.82, 2.24) is 0 Å². The van der Waals surface area contributed by atoms with Gasteiger partial charge in [-0.1, -0.05) is 93.1 Å². The molecule has 7 heteroatoms. The molecule has 0 saturated heterocycles. The molecule has 1 aromatic rings. The zero-order chi connectivity index (χ0) is 22.4. The van der Waals surface area contributed by atoms with E-state index in [4.69, 9.17) is 39.5 Å². The normalized spacial score (nSPS) is 11.3. The molecule has 0 spiro atoms. The molecule has 0 radical (unpaired) electrons. The van der Waals surface area contributed by atoms with Crippen LogP contribution in [0.5, 0.6) is 5.75 Å². The van der Waals surface area contributed by atoms with Crippen LogP contribution in [0, 0.1) is 0 Å². The van der Waals surface area contributed by atoms with E-state index in [0.717, 1.165) is 24.0 Å². The van der Waals surface area contributed by atoms with Crippen molar-refractivity contribution in [2.24, 2.45) is 0 Å². The molecule has 0 aliphatic carbocycles. The highest BCUT2D eigenvalue weighted by atomic mass is 79.9. The number of carbonyl (C=O) groups excluding carboxylic acids is 1. The Balaban J connectivity index is 0.00000900. The molecule has 3 nitrogen and oxygen atoms in total. The molecule has 0 atom stereocenters. The van der Waals surface area contributed by atoms with Gasteiger partial charge in [0.25, 0.3) is 0 Å². The summed E-state index contributed by atoms with van der Waals surface area (Å²) < 4.78 is 6.27. The lowest BCUT2D eigenvalue weighted by Crippen LogP contribution is -3.00. The second kappa shape index (κ2) is 17.5. The molecule has 0 aromatic heterocycles. The van der Waals surface area contributed by atoms with Gasteiger partial charge in [-0.25, -0.2) is 0 Å². The lowest BCUT2D eigenvalue weighted by atomic mass is 10.1. The first kappa shape index (κ1) is 31.0. The number of hydrogen-bond acceptors (Lipinski definition) is 2. The SMILES string of the molecule is CCCCCCCCCCCC[N+](C)(C)CCCC(=O)Oc1c(Cl)cc(Cl)cc1Cl.[Br-]. The van der Waals surface area contributed by atoms with Gasteiger partial charge in [0.05, 0.1) is 43.7 Å². The van der Waals surface area contributed by atoms with Crippen LogP contribution in [-0.2, 0) is 4.79 Å².